The number of rotatable bonds is 4. The zero-order valence-corrected chi connectivity index (χ0v) is 11.0. The molecule has 2 saturated carbocycles. The highest BCUT2D eigenvalue weighted by Gasteiger charge is 2.21. The van der Waals surface area contributed by atoms with Crippen LogP contribution >= 0.6 is 0 Å². The van der Waals surface area contributed by atoms with E-state index >= 15 is 0 Å². The Labute approximate surface area is 105 Å². The lowest BCUT2D eigenvalue weighted by Gasteiger charge is -2.29. The molecule has 0 unspecified atom stereocenters. The van der Waals surface area contributed by atoms with Crippen LogP contribution in [0.15, 0.2) is 11.3 Å². The van der Waals surface area contributed by atoms with Crippen molar-refractivity contribution in [2.45, 2.75) is 64.2 Å². The second kappa shape index (κ2) is 7.05. The topological polar surface area (TPSA) is 32.3 Å². The van der Waals surface area contributed by atoms with Gasteiger partial charge in [0.15, 0.2) is 0 Å². The van der Waals surface area contributed by atoms with Gasteiger partial charge in [0.05, 0.1) is 6.61 Å². The second-order valence-corrected chi connectivity index (χ2v) is 5.56. The average molecular weight is 237 g/mol. The third-order valence-corrected chi connectivity index (χ3v) is 4.28. The lowest BCUT2D eigenvalue weighted by Crippen LogP contribution is -2.27. The summed E-state index contributed by atoms with van der Waals surface area (Å²) < 4.78 is 0. The van der Waals surface area contributed by atoms with Gasteiger partial charge in [-0.25, -0.2) is 0 Å². The molecule has 2 nitrogen and oxygen atoms in total. The Bertz CT molecular complexity index is 246. The normalized spacial score (nSPS) is 22.5. The number of hydrogen-bond acceptors (Lipinski definition) is 2. The van der Waals surface area contributed by atoms with Gasteiger partial charge < -0.3 is 10.4 Å². The first-order chi connectivity index (χ1) is 8.42. The maximum atomic E-state index is 9.03. The summed E-state index contributed by atoms with van der Waals surface area (Å²) in [7, 11) is 0. The van der Waals surface area contributed by atoms with E-state index in [1.54, 1.807) is 5.57 Å². The fraction of sp³-hybridized carbons (Fsp3) is 0.867. The van der Waals surface area contributed by atoms with E-state index in [4.69, 9.17) is 5.11 Å². The zero-order chi connectivity index (χ0) is 11.9. The van der Waals surface area contributed by atoms with E-state index in [1.807, 2.05) is 0 Å². The van der Waals surface area contributed by atoms with Gasteiger partial charge in [0.1, 0.15) is 0 Å². The van der Waals surface area contributed by atoms with Crippen LogP contribution in [0.5, 0.6) is 0 Å². The van der Waals surface area contributed by atoms with Crippen LogP contribution in [-0.4, -0.2) is 18.3 Å². The van der Waals surface area contributed by atoms with E-state index < -0.39 is 0 Å². The van der Waals surface area contributed by atoms with E-state index in [1.165, 1.54) is 69.9 Å². The molecule has 2 aliphatic rings. The average Bonchev–Trinajstić information content (AvgIpc) is 2.42. The maximum Gasteiger partial charge on any atom is 0.0603 e. The standard InChI is InChI=1S/C15H27NO/c17-12-11-16-15(13-7-3-1-4-8-13)14-9-5-2-6-10-14/h13,16-17H,1-12H2. The zero-order valence-electron chi connectivity index (χ0n) is 11.0. The molecule has 0 aromatic heterocycles. The quantitative estimate of drug-likeness (QED) is 0.785. The summed E-state index contributed by atoms with van der Waals surface area (Å²) in [6, 6.07) is 0. The monoisotopic (exact) mass is 237 g/mol. The van der Waals surface area contributed by atoms with Crippen LogP contribution in [0.3, 0.4) is 0 Å². The van der Waals surface area contributed by atoms with Crippen molar-refractivity contribution in [2.75, 3.05) is 13.2 Å². The van der Waals surface area contributed by atoms with Gasteiger partial charge in [-0.3, -0.25) is 0 Å². The Kier molecular flexibility index (Phi) is 5.37. The van der Waals surface area contributed by atoms with Crippen LogP contribution in [0.25, 0.3) is 0 Å². The van der Waals surface area contributed by atoms with E-state index in [2.05, 4.69) is 5.32 Å². The molecule has 0 aliphatic heterocycles. The van der Waals surface area contributed by atoms with Crippen molar-refractivity contribution in [3.63, 3.8) is 0 Å². The Hall–Kier alpha value is -0.500. The molecule has 2 fully saturated rings. The Balaban J connectivity index is 2.04. The lowest BCUT2D eigenvalue weighted by molar-refractivity contribution is 0.289. The van der Waals surface area contributed by atoms with Crippen LogP contribution in [0.2, 0.25) is 0 Å². The van der Waals surface area contributed by atoms with Crippen molar-refractivity contribution < 1.29 is 5.11 Å². The Morgan fingerprint density at radius 3 is 2.29 bits per heavy atom. The van der Waals surface area contributed by atoms with Crippen LogP contribution in [0.1, 0.15) is 64.2 Å². The van der Waals surface area contributed by atoms with Crippen molar-refractivity contribution in [3.05, 3.63) is 11.3 Å². The van der Waals surface area contributed by atoms with Crippen LogP contribution in [-0.2, 0) is 0 Å². The van der Waals surface area contributed by atoms with Gasteiger partial charge in [0.2, 0.25) is 0 Å². The molecular weight excluding hydrogens is 210 g/mol. The predicted octanol–water partition coefficient (Wildman–Crippen LogP) is 3.37. The molecule has 2 rings (SSSR count). The van der Waals surface area contributed by atoms with Crippen molar-refractivity contribution in [1.82, 2.24) is 5.32 Å². The Morgan fingerprint density at radius 1 is 1.00 bits per heavy atom. The maximum absolute atomic E-state index is 9.03. The molecule has 2 N–H and O–H groups in total. The molecule has 0 saturated heterocycles. The van der Waals surface area contributed by atoms with Gasteiger partial charge >= 0.3 is 0 Å². The van der Waals surface area contributed by atoms with Crippen molar-refractivity contribution in [2.24, 2.45) is 5.92 Å². The summed E-state index contributed by atoms with van der Waals surface area (Å²) in [6.45, 7) is 0.985. The van der Waals surface area contributed by atoms with Gasteiger partial charge in [-0.15, -0.1) is 0 Å². The summed E-state index contributed by atoms with van der Waals surface area (Å²) in [5.74, 6) is 0.767. The van der Waals surface area contributed by atoms with Crippen LogP contribution in [0, 0.1) is 5.92 Å². The molecule has 0 aromatic rings. The molecule has 0 spiro atoms. The second-order valence-electron chi connectivity index (χ2n) is 5.56. The number of nitrogens with one attached hydrogen (secondary N) is 1. The van der Waals surface area contributed by atoms with Gasteiger partial charge in [0.25, 0.3) is 0 Å². The Morgan fingerprint density at radius 2 is 1.65 bits per heavy atom. The highest BCUT2D eigenvalue weighted by Crippen LogP contribution is 2.34. The van der Waals surface area contributed by atoms with Crippen molar-refractivity contribution in [3.8, 4) is 0 Å². The molecule has 2 aliphatic carbocycles. The van der Waals surface area contributed by atoms with E-state index in [0.29, 0.717) is 0 Å². The van der Waals surface area contributed by atoms with Gasteiger partial charge in [-0.05, 0) is 44.4 Å². The predicted molar refractivity (Wildman–Crippen MR) is 71.8 cm³/mol. The number of allylic oxidation sites excluding steroid dienone is 2. The number of aliphatic hydroxyl groups excluding tert-OH is 1. The van der Waals surface area contributed by atoms with Gasteiger partial charge in [-0.2, -0.15) is 0 Å². The van der Waals surface area contributed by atoms with E-state index in [0.717, 1.165) is 12.5 Å². The largest absolute Gasteiger partial charge is 0.395 e. The van der Waals surface area contributed by atoms with E-state index in [9.17, 15) is 0 Å². The summed E-state index contributed by atoms with van der Waals surface area (Å²) >= 11 is 0. The summed E-state index contributed by atoms with van der Waals surface area (Å²) in [5, 5.41) is 12.6. The molecule has 0 radical (unpaired) electrons. The molecule has 0 amide bonds. The molecule has 17 heavy (non-hydrogen) atoms. The molecule has 98 valence electrons. The minimum atomic E-state index is 0.253. The lowest BCUT2D eigenvalue weighted by atomic mass is 9.82. The van der Waals surface area contributed by atoms with E-state index in [-0.39, 0.29) is 6.61 Å². The van der Waals surface area contributed by atoms with Crippen LogP contribution < -0.4 is 5.32 Å². The van der Waals surface area contributed by atoms with Gasteiger partial charge in [0, 0.05) is 12.2 Å². The fourth-order valence-electron chi connectivity index (χ4n) is 3.39. The van der Waals surface area contributed by atoms with Crippen molar-refractivity contribution >= 4 is 0 Å². The van der Waals surface area contributed by atoms with Gasteiger partial charge in [-0.1, -0.05) is 31.3 Å². The first-order valence-electron chi connectivity index (χ1n) is 7.48. The first kappa shape index (κ1) is 12.9. The first-order valence-corrected chi connectivity index (χ1v) is 7.48. The molecule has 2 heteroatoms. The van der Waals surface area contributed by atoms with Crippen LogP contribution in [0.4, 0.5) is 0 Å². The molecule has 0 aromatic carbocycles. The van der Waals surface area contributed by atoms with Crippen molar-refractivity contribution in [1.29, 1.82) is 0 Å². The summed E-state index contributed by atoms with van der Waals surface area (Å²) in [5.41, 5.74) is 3.20. The third kappa shape index (κ3) is 3.74. The molecular formula is C15H27NO. The molecule has 0 bridgehead atoms. The number of aliphatic hydroxyl groups is 1. The summed E-state index contributed by atoms with van der Waals surface area (Å²) in [4.78, 5) is 0. The SMILES string of the molecule is OCCNC(=C1CCCCC1)C1CCCCC1. The minimum absolute atomic E-state index is 0.253. The highest BCUT2D eigenvalue weighted by molar-refractivity contribution is 5.17. The smallest absolute Gasteiger partial charge is 0.0603 e. The highest BCUT2D eigenvalue weighted by atomic mass is 16.3. The minimum Gasteiger partial charge on any atom is -0.395 e. The third-order valence-electron chi connectivity index (χ3n) is 4.28. The number of hydrogen-bond donors (Lipinski definition) is 2. The molecule has 0 atom stereocenters. The molecule has 0 heterocycles. The fourth-order valence-corrected chi connectivity index (χ4v) is 3.39. The summed E-state index contributed by atoms with van der Waals surface area (Å²) in [6.07, 6.45) is 13.6.